The third-order valence-electron chi connectivity index (χ3n) is 3.82. The van der Waals surface area contributed by atoms with Crippen molar-refractivity contribution in [3.8, 4) is 5.75 Å². The van der Waals surface area contributed by atoms with Crippen LogP contribution in [-0.4, -0.2) is 36.0 Å². The van der Waals surface area contributed by atoms with Crippen LogP contribution in [0.1, 0.15) is 25.0 Å². The second-order valence-electron chi connectivity index (χ2n) is 5.66. The van der Waals surface area contributed by atoms with Crippen LogP contribution in [0.2, 0.25) is 5.02 Å². The molecule has 0 aliphatic rings. The van der Waals surface area contributed by atoms with Gasteiger partial charge in [-0.1, -0.05) is 23.7 Å². The zero-order chi connectivity index (χ0) is 19.6. The molecule has 0 heterocycles. The van der Waals surface area contributed by atoms with E-state index in [-0.39, 0.29) is 0 Å². The predicted octanol–water partition coefficient (Wildman–Crippen LogP) is 3.24. The number of hydrogen-bond donors (Lipinski definition) is 1. The molecule has 0 spiro atoms. The van der Waals surface area contributed by atoms with Gasteiger partial charge >= 0.3 is 11.8 Å². The third kappa shape index (κ3) is 6.42. The van der Waals surface area contributed by atoms with Crippen LogP contribution in [0, 0.1) is 0 Å². The normalized spacial score (nSPS) is 10.6. The third-order valence-corrected chi connectivity index (χ3v) is 4.08. The molecule has 2 amide bonds. The molecule has 7 heteroatoms. The smallest absolute Gasteiger partial charge is 0.329 e. The Balaban J connectivity index is 1.84. The van der Waals surface area contributed by atoms with Crippen LogP contribution in [0.25, 0.3) is 0 Å². The topological polar surface area (TPSA) is 71.0 Å². The summed E-state index contributed by atoms with van der Waals surface area (Å²) < 4.78 is 5.70. The minimum Gasteiger partial charge on any atom is -0.489 e. The minimum absolute atomic E-state index is 0.439. The van der Waals surface area contributed by atoms with E-state index < -0.39 is 11.8 Å². The van der Waals surface area contributed by atoms with E-state index in [1.807, 2.05) is 38.1 Å². The van der Waals surface area contributed by atoms with Crippen LogP contribution < -0.4 is 10.2 Å². The Morgan fingerprint density at radius 3 is 2.30 bits per heavy atom. The van der Waals surface area contributed by atoms with Crippen molar-refractivity contribution in [2.75, 3.05) is 13.1 Å². The standard InChI is InChI=1S/C20H22ClN3O3/c1-3-24(4-2)20(26)19(25)23-22-13-15-7-11-18(12-8-15)27-14-16-5-9-17(21)10-6-16/h5-13H,3-4,14H2,1-2H3,(H,23,25)/b22-13-. The highest BCUT2D eigenvalue weighted by atomic mass is 35.5. The van der Waals surface area contributed by atoms with Crippen LogP contribution >= 0.6 is 11.6 Å². The molecule has 0 saturated heterocycles. The largest absolute Gasteiger partial charge is 0.489 e. The van der Waals surface area contributed by atoms with Gasteiger partial charge in [0, 0.05) is 18.1 Å². The molecule has 2 aromatic carbocycles. The first-order chi connectivity index (χ1) is 13.0. The molecular formula is C20H22ClN3O3. The highest BCUT2D eigenvalue weighted by Crippen LogP contribution is 2.15. The van der Waals surface area contributed by atoms with Gasteiger partial charge in [-0.2, -0.15) is 5.10 Å². The maximum atomic E-state index is 11.8. The quantitative estimate of drug-likeness (QED) is 0.450. The Labute approximate surface area is 163 Å². The summed E-state index contributed by atoms with van der Waals surface area (Å²) in [6.07, 6.45) is 1.47. The van der Waals surface area contributed by atoms with Gasteiger partial charge in [-0.05, 0) is 61.4 Å². The van der Waals surface area contributed by atoms with Gasteiger partial charge in [0.25, 0.3) is 0 Å². The first kappa shape index (κ1) is 20.5. The summed E-state index contributed by atoms with van der Waals surface area (Å²) >= 11 is 5.85. The molecule has 142 valence electrons. The summed E-state index contributed by atoms with van der Waals surface area (Å²) in [5, 5.41) is 4.51. The van der Waals surface area contributed by atoms with E-state index in [1.54, 1.807) is 24.3 Å². The van der Waals surface area contributed by atoms with Crippen molar-refractivity contribution in [1.29, 1.82) is 0 Å². The Kier molecular flexibility index (Phi) is 7.82. The van der Waals surface area contributed by atoms with Crippen molar-refractivity contribution in [2.24, 2.45) is 5.10 Å². The van der Waals surface area contributed by atoms with E-state index in [2.05, 4.69) is 10.5 Å². The summed E-state index contributed by atoms with van der Waals surface area (Å²) in [4.78, 5) is 25.0. The van der Waals surface area contributed by atoms with Crippen molar-refractivity contribution in [3.05, 3.63) is 64.7 Å². The van der Waals surface area contributed by atoms with Crippen molar-refractivity contribution in [2.45, 2.75) is 20.5 Å². The van der Waals surface area contributed by atoms with Crippen LogP contribution in [0.4, 0.5) is 0 Å². The fourth-order valence-corrected chi connectivity index (χ4v) is 2.39. The zero-order valence-corrected chi connectivity index (χ0v) is 16.1. The number of hydrogen-bond acceptors (Lipinski definition) is 4. The molecule has 0 aromatic heterocycles. The van der Waals surface area contributed by atoms with E-state index in [1.165, 1.54) is 11.1 Å². The summed E-state index contributed by atoms with van der Waals surface area (Å²) in [5.74, 6) is -0.635. The molecule has 1 N–H and O–H groups in total. The summed E-state index contributed by atoms with van der Waals surface area (Å²) in [7, 11) is 0. The molecule has 0 aliphatic heterocycles. The molecule has 0 unspecified atom stereocenters. The van der Waals surface area contributed by atoms with Crippen LogP contribution in [0.5, 0.6) is 5.75 Å². The lowest BCUT2D eigenvalue weighted by atomic mass is 10.2. The Morgan fingerprint density at radius 2 is 1.70 bits per heavy atom. The second kappa shape index (κ2) is 10.3. The molecule has 0 saturated carbocycles. The number of nitrogens with zero attached hydrogens (tertiary/aromatic N) is 2. The number of rotatable bonds is 7. The number of carbonyl (C=O) groups is 2. The molecule has 27 heavy (non-hydrogen) atoms. The number of halogens is 1. The Hall–Kier alpha value is -2.86. The summed E-state index contributed by atoms with van der Waals surface area (Å²) in [6.45, 7) is 5.02. The molecule has 0 fully saturated rings. The number of nitrogens with one attached hydrogen (secondary N) is 1. The number of likely N-dealkylation sites (N-methyl/N-ethyl adjacent to an activating group) is 1. The van der Waals surface area contributed by atoms with Crippen LogP contribution in [0.15, 0.2) is 53.6 Å². The zero-order valence-electron chi connectivity index (χ0n) is 15.3. The van der Waals surface area contributed by atoms with Gasteiger partial charge < -0.3 is 9.64 Å². The first-order valence-electron chi connectivity index (χ1n) is 8.63. The van der Waals surface area contributed by atoms with Gasteiger partial charge in [0.15, 0.2) is 0 Å². The van der Waals surface area contributed by atoms with E-state index in [0.717, 1.165) is 11.1 Å². The number of hydrazone groups is 1. The predicted molar refractivity (Wildman–Crippen MR) is 106 cm³/mol. The van der Waals surface area contributed by atoms with Gasteiger partial charge in [-0.15, -0.1) is 0 Å². The molecule has 0 radical (unpaired) electrons. The fourth-order valence-electron chi connectivity index (χ4n) is 2.27. The van der Waals surface area contributed by atoms with Gasteiger partial charge in [-0.25, -0.2) is 5.43 Å². The molecule has 2 aromatic rings. The minimum atomic E-state index is -0.752. The van der Waals surface area contributed by atoms with E-state index in [9.17, 15) is 9.59 Å². The van der Waals surface area contributed by atoms with Gasteiger partial charge in [-0.3, -0.25) is 9.59 Å². The summed E-state index contributed by atoms with van der Waals surface area (Å²) in [6, 6.07) is 14.7. The lowest BCUT2D eigenvalue weighted by molar-refractivity contribution is -0.145. The lowest BCUT2D eigenvalue weighted by Crippen LogP contribution is -2.41. The maximum Gasteiger partial charge on any atom is 0.329 e. The SMILES string of the molecule is CCN(CC)C(=O)C(=O)N/N=C\c1ccc(OCc2ccc(Cl)cc2)cc1. The average Bonchev–Trinajstić information content (AvgIpc) is 2.69. The lowest BCUT2D eigenvalue weighted by Gasteiger charge is -2.16. The van der Waals surface area contributed by atoms with Gasteiger partial charge in [0.2, 0.25) is 0 Å². The second-order valence-corrected chi connectivity index (χ2v) is 6.10. The van der Waals surface area contributed by atoms with Crippen molar-refractivity contribution >= 4 is 29.6 Å². The monoisotopic (exact) mass is 387 g/mol. The molecule has 2 rings (SSSR count). The maximum absolute atomic E-state index is 11.8. The number of carbonyl (C=O) groups excluding carboxylic acids is 2. The van der Waals surface area contributed by atoms with E-state index >= 15 is 0 Å². The van der Waals surface area contributed by atoms with Crippen LogP contribution in [-0.2, 0) is 16.2 Å². The van der Waals surface area contributed by atoms with Crippen molar-refractivity contribution < 1.29 is 14.3 Å². The Bertz CT molecular complexity index is 785. The first-order valence-corrected chi connectivity index (χ1v) is 9.01. The molecule has 0 bridgehead atoms. The Morgan fingerprint density at radius 1 is 1.07 bits per heavy atom. The summed E-state index contributed by atoms with van der Waals surface area (Å²) in [5.41, 5.74) is 4.03. The number of amides is 2. The van der Waals surface area contributed by atoms with E-state index in [4.69, 9.17) is 16.3 Å². The van der Waals surface area contributed by atoms with E-state index in [0.29, 0.717) is 30.5 Å². The molecule has 0 aliphatic carbocycles. The molecule has 0 atom stereocenters. The fraction of sp³-hybridized carbons (Fsp3) is 0.250. The van der Waals surface area contributed by atoms with Gasteiger partial charge in [0.1, 0.15) is 12.4 Å². The van der Waals surface area contributed by atoms with Crippen molar-refractivity contribution in [3.63, 3.8) is 0 Å². The van der Waals surface area contributed by atoms with Crippen molar-refractivity contribution in [1.82, 2.24) is 10.3 Å². The molecular weight excluding hydrogens is 366 g/mol. The average molecular weight is 388 g/mol. The number of ether oxygens (including phenoxy) is 1. The van der Waals surface area contributed by atoms with Crippen LogP contribution in [0.3, 0.4) is 0 Å². The highest BCUT2D eigenvalue weighted by Gasteiger charge is 2.18. The molecule has 6 nitrogen and oxygen atoms in total. The highest BCUT2D eigenvalue weighted by molar-refractivity contribution is 6.35. The van der Waals surface area contributed by atoms with Gasteiger partial charge in [0.05, 0.1) is 6.21 Å². The number of benzene rings is 2.